The Bertz CT molecular complexity index is 1190. The third-order valence-corrected chi connectivity index (χ3v) is 9.94. The Morgan fingerprint density at radius 1 is 1.00 bits per heavy atom. The molecule has 0 unspecified atom stereocenters. The quantitative estimate of drug-likeness (QED) is 0.538. The molecule has 3 heterocycles. The molecule has 0 bridgehead atoms. The summed E-state index contributed by atoms with van der Waals surface area (Å²) in [5, 5.41) is 4.66. The second-order valence-electron chi connectivity index (χ2n) is 7.96. The Hall–Kier alpha value is -1.75. The molecule has 5 rings (SSSR count). The summed E-state index contributed by atoms with van der Waals surface area (Å²) in [7, 11) is -3.46. The van der Waals surface area contributed by atoms with Gasteiger partial charge in [-0.3, -0.25) is 0 Å². The van der Waals surface area contributed by atoms with Gasteiger partial charge in [-0.25, -0.2) is 13.4 Å². The molecule has 10 heteroatoms. The number of hydrogen-bond acceptors (Lipinski definition) is 7. The van der Waals surface area contributed by atoms with E-state index in [2.05, 4.69) is 32.2 Å². The Morgan fingerprint density at radius 2 is 1.74 bits per heavy atom. The maximum atomic E-state index is 12.9. The minimum atomic E-state index is -3.46. The predicted octanol–water partition coefficient (Wildman–Crippen LogP) is 4.32. The van der Waals surface area contributed by atoms with Crippen LogP contribution in [-0.2, 0) is 10.0 Å². The Kier molecular flexibility index (Phi) is 5.89. The van der Waals surface area contributed by atoms with Crippen molar-refractivity contribution in [3.63, 3.8) is 0 Å². The molecule has 1 aromatic carbocycles. The van der Waals surface area contributed by atoms with Gasteiger partial charge in [0.15, 0.2) is 0 Å². The smallest absolute Gasteiger partial charge is 0.252 e. The van der Waals surface area contributed by atoms with Crippen molar-refractivity contribution in [2.45, 2.75) is 35.9 Å². The monoisotopic (exact) mass is 521 g/mol. The third-order valence-electron chi connectivity index (χ3n) is 5.95. The third kappa shape index (κ3) is 4.30. The summed E-state index contributed by atoms with van der Waals surface area (Å²) in [5.74, 6) is 1.54. The molecule has 2 fully saturated rings. The molecule has 0 radical (unpaired) electrons. The second-order valence-corrected chi connectivity index (χ2v) is 12.6. The highest BCUT2D eigenvalue weighted by Gasteiger charge is 2.30. The molecule has 0 amide bonds. The van der Waals surface area contributed by atoms with Gasteiger partial charge in [-0.15, -0.1) is 11.3 Å². The minimum absolute atomic E-state index is 0.373. The largest absolute Gasteiger partial charge is 0.367 e. The number of fused-ring (bicyclic) bond motifs is 1. The number of hydrogen-bond donors (Lipinski definition) is 1. The van der Waals surface area contributed by atoms with Gasteiger partial charge in [0.1, 0.15) is 10.0 Å². The van der Waals surface area contributed by atoms with Crippen molar-refractivity contribution in [3.8, 4) is 0 Å². The number of benzene rings is 1. The van der Waals surface area contributed by atoms with Gasteiger partial charge in [0.05, 0.1) is 9.30 Å². The van der Waals surface area contributed by atoms with Crippen molar-refractivity contribution in [1.29, 1.82) is 0 Å². The molecule has 1 N–H and O–H groups in total. The molecule has 1 aliphatic carbocycles. The van der Waals surface area contributed by atoms with Gasteiger partial charge in [0.25, 0.3) is 10.0 Å². The van der Waals surface area contributed by atoms with E-state index < -0.39 is 10.0 Å². The number of sulfonamides is 1. The lowest BCUT2D eigenvalue weighted by Gasteiger charge is -2.34. The number of anilines is 2. The van der Waals surface area contributed by atoms with E-state index in [1.165, 1.54) is 37.0 Å². The lowest BCUT2D eigenvalue weighted by Crippen LogP contribution is -2.49. The topological polar surface area (TPSA) is 78.4 Å². The first kappa shape index (κ1) is 21.1. The van der Waals surface area contributed by atoms with Crippen LogP contribution in [0, 0.1) is 0 Å². The van der Waals surface area contributed by atoms with Crippen molar-refractivity contribution in [1.82, 2.24) is 14.3 Å². The van der Waals surface area contributed by atoms with Crippen LogP contribution in [0.4, 0.5) is 11.8 Å². The maximum absolute atomic E-state index is 12.9. The molecule has 0 atom stereocenters. The van der Waals surface area contributed by atoms with Gasteiger partial charge < -0.3 is 10.2 Å². The van der Waals surface area contributed by atoms with E-state index in [0.717, 1.165) is 20.5 Å². The first-order chi connectivity index (χ1) is 15.0. The standard InChI is InChI=1S/C21H24BrN5O2S2/c22-18-9-10-19(30-18)31(28,29)27-13-11-26(12-14-27)21-24-17-8-4-3-7-16(17)20(25-21)23-15-5-1-2-6-15/h3-4,7-10,15H,1-2,5-6,11-14H2,(H,23,24,25). The highest BCUT2D eigenvalue weighted by Crippen LogP contribution is 2.31. The first-order valence-corrected chi connectivity index (χ1v) is 13.6. The summed E-state index contributed by atoms with van der Waals surface area (Å²) >= 11 is 4.60. The van der Waals surface area contributed by atoms with Crippen molar-refractivity contribution in [2.24, 2.45) is 0 Å². The Morgan fingerprint density at radius 3 is 2.45 bits per heavy atom. The molecule has 3 aromatic rings. The summed E-state index contributed by atoms with van der Waals surface area (Å²) in [5.41, 5.74) is 0.909. The Labute approximate surface area is 194 Å². The van der Waals surface area contributed by atoms with Crippen molar-refractivity contribution >= 4 is 60.0 Å². The number of halogens is 1. The van der Waals surface area contributed by atoms with Crippen LogP contribution in [0.1, 0.15) is 25.7 Å². The first-order valence-electron chi connectivity index (χ1n) is 10.5. The number of aromatic nitrogens is 2. The lowest BCUT2D eigenvalue weighted by molar-refractivity contribution is 0.383. The van der Waals surface area contributed by atoms with Gasteiger partial charge in [-0.2, -0.15) is 9.29 Å². The molecular weight excluding hydrogens is 498 g/mol. The number of nitrogens with one attached hydrogen (secondary N) is 1. The molecule has 2 aliphatic rings. The second kappa shape index (κ2) is 8.65. The molecule has 164 valence electrons. The highest BCUT2D eigenvalue weighted by atomic mass is 79.9. The van der Waals surface area contributed by atoms with E-state index in [1.54, 1.807) is 16.4 Å². The van der Waals surface area contributed by atoms with Gasteiger partial charge in [-0.05, 0) is 53.0 Å². The Balaban J connectivity index is 1.37. The van der Waals surface area contributed by atoms with Crippen LogP contribution in [0.3, 0.4) is 0 Å². The molecule has 31 heavy (non-hydrogen) atoms. The average Bonchev–Trinajstić information content (AvgIpc) is 3.46. The van der Waals surface area contributed by atoms with Gasteiger partial charge in [0.2, 0.25) is 5.95 Å². The maximum Gasteiger partial charge on any atom is 0.252 e. The normalized spacial score (nSPS) is 18.7. The van der Waals surface area contributed by atoms with Crippen LogP contribution in [0.15, 0.2) is 44.4 Å². The zero-order chi connectivity index (χ0) is 21.4. The molecule has 7 nitrogen and oxygen atoms in total. The minimum Gasteiger partial charge on any atom is -0.367 e. The number of nitrogens with zero attached hydrogens (tertiary/aromatic N) is 4. The van der Waals surface area contributed by atoms with E-state index in [1.807, 2.05) is 18.2 Å². The van der Waals surface area contributed by atoms with Crippen molar-refractivity contribution in [2.75, 3.05) is 36.4 Å². The molecule has 1 saturated carbocycles. The van der Waals surface area contributed by atoms with Crippen molar-refractivity contribution < 1.29 is 8.42 Å². The molecule has 2 aromatic heterocycles. The summed E-state index contributed by atoms with van der Waals surface area (Å²) in [6, 6.07) is 12.0. The van der Waals surface area contributed by atoms with Crippen LogP contribution in [-0.4, -0.2) is 54.9 Å². The van der Waals surface area contributed by atoms with E-state index >= 15 is 0 Å². The highest BCUT2D eigenvalue weighted by molar-refractivity contribution is 9.11. The molecule has 1 saturated heterocycles. The summed E-state index contributed by atoms with van der Waals surface area (Å²) < 4.78 is 28.6. The summed E-state index contributed by atoms with van der Waals surface area (Å²) in [4.78, 5) is 11.7. The fraction of sp³-hybridized carbons (Fsp3) is 0.429. The van der Waals surface area contributed by atoms with Crippen LogP contribution in [0.2, 0.25) is 0 Å². The predicted molar refractivity (Wildman–Crippen MR) is 128 cm³/mol. The number of para-hydroxylation sites is 1. The molecule has 0 spiro atoms. The summed E-state index contributed by atoms with van der Waals surface area (Å²) in [6.07, 6.45) is 4.85. The van der Waals surface area contributed by atoms with E-state index in [9.17, 15) is 8.42 Å². The number of thiophene rings is 1. The van der Waals surface area contributed by atoms with Crippen LogP contribution in [0.5, 0.6) is 0 Å². The SMILES string of the molecule is O=S(=O)(c1ccc(Br)s1)N1CCN(c2nc(NC3CCCC3)c3ccccc3n2)CC1. The zero-order valence-corrected chi connectivity index (χ0v) is 20.2. The van der Waals surface area contributed by atoms with Crippen LogP contribution < -0.4 is 10.2 Å². The fourth-order valence-corrected chi connectivity index (χ4v) is 7.86. The van der Waals surface area contributed by atoms with Crippen LogP contribution in [0.25, 0.3) is 10.9 Å². The number of piperazine rings is 1. The van der Waals surface area contributed by atoms with E-state index in [0.29, 0.717) is 42.4 Å². The average molecular weight is 522 g/mol. The van der Waals surface area contributed by atoms with E-state index in [-0.39, 0.29) is 0 Å². The molecule has 1 aliphatic heterocycles. The van der Waals surface area contributed by atoms with Gasteiger partial charge in [-0.1, -0.05) is 25.0 Å². The number of rotatable bonds is 5. The van der Waals surface area contributed by atoms with Crippen molar-refractivity contribution in [3.05, 3.63) is 40.2 Å². The van der Waals surface area contributed by atoms with E-state index in [4.69, 9.17) is 9.97 Å². The lowest BCUT2D eigenvalue weighted by atomic mass is 10.2. The van der Waals surface area contributed by atoms with Gasteiger partial charge in [0, 0.05) is 37.6 Å². The molecular formula is C21H24BrN5O2S2. The summed E-state index contributed by atoms with van der Waals surface area (Å²) in [6.45, 7) is 1.96. The van der Waals surface area contributed by atoms with Gasteiger partial charge >= 0.3 is 0 Å². The fourth-order valence-electron chi connectivity index (χ4n) is 4.27. The van der Waals surface area contributed by atoms with Crippen LogP contribution >= 0.6 is 27.3 Å². The zero-order valence-electron chi connectivity index (χ0n) is 17.0.